The monoisotopic (exact) mass is 394 g/mol. The molecule has 1 aliphatic carbocycles. The molecule has 2 aromatic heterocycles. The van der Waals surface area contributed by atoms with E-state index in [4.69, 9.17) is 0 Å². The van der Waals surface area contributed by atoms with Crippen molar-refractivity contribution in [2.45, 2.75) is 51.5 Å². The van der Waals surface area contributed by atoms with Crippen LogP contribution in [0.1, 0.15) is 54.5 Å². The summed E-state index contributed by atoms with van der Waals surface area (Å²) in [6.45, 7) is 7.45. The topological polar surface area (TPSA) is 57.2 Å². The highest BCUT2D eigenvalue weighted by Gasteiger charge is 2.21. The number of likely N-dealkylation sites (N-methyl/N-ethyl adjacent to an activating group) is 1. The molecule has 1 unspecified atom stereocenters. The minimum absolute atomic E-state index is 0.424. The molecule has 4 heterocycles. The third-order valence-electron chi connectivity index (χ3n) is 6.18. The number of rotatable bonds is 2. The van der Waals surface area contributed by atoms with Crippen molar-refractivity contribution in [3.05, 3.63) is 47.2 Å². The first-order valence-electron chi connectivity index (χ1n) is 11.1. The number of nitrogens with one attached hydrogen (secondary N) is 1. The van der Waals surface area contributed by atoms with Crippen LogP contribution in [0.2, 0.25) is 0 Å². The highest BCUT2D eigenvalue weighted by Crippen LogP contribution is 2.24. The Morgan fingerprint density at radius 2 is 1.86 bits per heavy atom. The van der Waals surface area contributed by atoms with Gasteiger partial charge in [-0.25, -0.2) is 9.97 Å². The van der Waals surface area contributed by atoms with E-state index in [0.717, 1.165) is 44.4 Å². The Hall–Kier alpha value is -2.05. The van der Waals surface area contributed by atoms with E-state index in [1.54, 1.807) is 0 Å². The first-order chi connectivity index (χ1) is 14.2. The summed E-state index contributed by atoms with van der Waals surface area (Å²) in [7, 11) is 2.18. The number of aryl methyl sites for hydroxylation is 3. The van der Waals surface area contributed by atoms with Gasteiger partial charge in [0, 0.05) is 50.2 Å². The van der Waals surface area contributed by atoms with Crippen molar-refractivity contribution in [1.29, 1.82) is 0 Å². The number of hydrogen-bond acceptors (Lipinski definition) is 6. The molecule has 0 amide bonds. The highest BCUT2D eigenvalue weighted by atomic mass is 15.3. The van der Waals surface area contributed by atoms with Crippen LogP contribution in [0.5, 0.6) is 0 Å². The Kier molecular flexibility index (Phi) is 6.72. The van der Waals surface area contributed by atoms with Crippen molar-refractivity contribution >= 4 is 5.82 Å². The lowest BCUT2D eigenvalue weighted by atomic mass is 9.96. The number of anilines is 1. The maximum Gasteiger partial charge on any atom is 0.132 e. The van der Waals surface area contributed by atoms with Gasteiger partial charge in [0.05, 0.1) is 5.69 Å². The molecule has 0 saturated carbocycles. The van der Waals surface area contributed by atoms with E-state index in [-0.39, 0.29) is 0 Å². The summed E-state index contributed by atoms with van der Waals surface area (Å²) in [6.07, 6.45) is 9.43. The lowest BCUT2D eigenvalue weighted by Gasteiger charge is -2.33. The summed E-state index contributed by atoms with van der Waals surface area (Å²) in [5.41, 5.74) is 3.96. The zero-order chi connectivity index (χ0) is 20.1. The van der Waals surface area contributed by atoms with Crippen LogP contribution in [0.3, 0.4) is 0 Å². The predicted octanol–water partition coefficient (Wildman–Crippen LogP) is 2.92. The molecule has 1 atom stereocenters. The molecule has 5 rings (SSSR count). The van der Waals surface area contributed by atoms with Crippen LogP contribution in [0.4, 0.5) is 5.82 Å². The lowest BCUT2D eigenvalue weighted by Crippen LogP contribution is -2.45. The largest absolute Gasteiger partial charge is 0.354 e. The van der Waals surface area contributed by atoms with Crippen molar-refractivity contribution in [1.82, 2.24) is 25.2 Å². The second kappa shape index (κ2) is 9.63. The van der Waals surface area contributed by atoms with Crippen molar-refractivity contribution in [3.8, 4) is 0 Å². The Balaban J connectivity index is 0.000000171. The standard InChI is InChI=1S/C14H23N5.C9H11N/c1-11-16-13(12-4-3-5-15-12)10-14(17-11)19-8-6-18(2)7-9-19;1-2-6-9-8(4-1)5-3-7-10-9/h10,12,15H,3-9H2,1-2H3;3,5,7H,1-2,4,6H2. The molecule has 1 N–H and O–H groups in total. The number of pyridine rings is 1. The van der Waals surface area contributed by atoms with Gasteiger partial charge >= 0.3 is 0 Å². The van der Waals surface area contributed by atoms with Crippen LogP contribution in [-0.4, -0.2) is 59.6 Å². The van der Waals surface area contributed by atoms with Crippen LogP contribution in [-0.2, 0) is 12.8 Å². The Morgan fingerprint density at radius 3 is 2.62 bits per heavy atom. The van der Waals surface area contributed by atoms with Crippen LogP contribution in [0.15, 0.2) is 24.4 Å². The summed E-state index contributed by atoms with van der Waals surface area (Å²) >= 11 is 0. The fourth-order valence-corrected chi connectivity index (χ4v) is 4.42. The van der Waals surface area contributed by atoms with Crippen molar-refractivity contribution in [3.63, 3.8) is 0 Å². The molecular weight excluding hydrogens is 360 g/mol. The van der Waals surface area contributed by atoms with Gasteiger partial charge in [-0.1, -0.05) is 6.07 Å². The smallest absolute Gasteiger partial charge is 0.132 e. The van der Waals surface area contributed by atoms with Crippen LogP contribution in [0.25, 0.3) is 0 Å². The predicted molar refractivity (Wildman–Crippen MR) is 117 cm³/mol. The van der Waals surface area contributed by atoms with E-state index in [1.807, 2.05) is 19.2 Å². The third-order valence-corrected chi connectivity index (χ3v) is 6.18. The van der Waals surface area contributed by atoms with Crippen molar-refractivity contribution in [2.24, 2.45) is 0 Å². The van der Waals surface area contributed by atoms with E-state index >= 15 is 0 Å². The maximum atomic E-state index is 4.62. The molecule has 2 saturated heterocycles. The molecule has 0 bridgehead atoms. The number of nitrogens with zero attached hydrogens (tertiary/aromatic N) is 5. The molecule has 3 aliphatic rings. The van der Waals surface area contributed by atoms with Crippen LogP contribution >= 0.6 is 0 Å². The van der Waals surface area contributed by atoms with Crippen molar-refractivity contribution in [2.75, 3.05) is 44.7 Å². The number of hydrogen-bond donors (Lipinski definition) is 1. The van der Waals surface area contributed by atoms with E-state index in [2.05, 4.69) is 49.2 Å². The Bertz CT molecular complexity index is 769. The van der Waals surface area contributed by atoms with Gasteiger partial charge in [-0.15, -0.1) is 0 Å². The summed E-state index contributed by atoms with van der Waals surface area (Å²) < 4.78 is 0. The molecule has 0 spiro atoms. The molecule has 29 heavy (non-hydrogen) atoms. The molecule has 2 aliphatic heterocycles. The van der Waals surface area contributed by atoms with Gasteiger partial charge in [-0.3, -0.25) is 4.98 Å². The first kappa shape index (κ1) is 20.2. The van der Waals surface area contributed by atoms with E-state index in [0.29, 0.717) is 6.04 Å². The van der Waals surface area contributed by atoms with Crippen LogP contribution < -0.4 is 10.2 Å². The quantitative estimate of drug-likeness (QED) is 0.845. The summed E-state index contributed by atoms with van der Waals surface area (Å²) in [4.78, 5) is 18.3. The van der Waals surface area contributed by atoms with Gasteiger partial charge in [-0.05, 0) is 70.7 Å². The van der Waals surface area contributed by atoms with E-state index in [9.17, 15) is 0 Å². The minimum Gasteiger partial charge on any atom is -0.354 e. The third kappa shape index (κ3) is 5.31. The molecular formula is C23H34N6. The van der Waals surface area contributed by atoms with Gasteiger partial charge in [0.25, 0.3) is 0 Å². The normalized spacial score (nSPS) is 22.0. The van der Waals surface area contributed by atoms with Crippen molar-refractivity contribution < 1.29 is 0 Å². The second-order valence-corrected chi connectivity index (χ2v) is 8.45. The minimum atomic E-state index is 0.424. The Morgan fingerprint density at radius 1 is 1.03 bits per heavy atom. The number of piperazine rings is 1. The molecule has 156 valence electrons. The van der Waals surface area contributed by atoms with E-state index < -0.39 is 0 Å². The molecule has 2 fully saturated rings. The average Bonchev–Trinajstić information content (AvgIpc) is 3.29. The summed E-state index contributed by atoms with van der Waals surface area (Å²) in [5, 5.41) is 3.52. The lowest BCUT2D eigenvalue weighted by molar-refractivity contribution is 0.312. The fourth-order valence-electron chi connectivity index (χ4n) is 4.42. The summed E-state index contributed by atoms with van der Waals surface area (Å²) in [6, 6.07) is 6.83. The second-order valence-electron chi connectivity index (χ2n) is 8.45. The zero-order valence-corrected chi connectivity index (χ0v) is 17.9. The Labute approximate surface area is 174 Å². The maximum absolute atomic E-state index is 4.62. The molecule has 6 nitrogen and oxygen atoms in total. The highest BCUT2D eigenvalue weighted by molar-refractivity contribution is 5.41. The van der Waals surface area contributed by atoms with Gasteiger partial charge in [-0.2, -0.15) is 0 Å². The SMILES string of the molecule is Cc1nc(C2CCCN2)cc(N2CCN(C)CC2)n1.c1cnc2c(c1)CCCC2. The zero-order valence-electron chi connectivity index (χ0n) is 17.9. The van der Waals surface area contributed by atoms with Gasteiger partial charge in [0.2, 0.25) is 0 Å². The molecule has 2 aromatic rings. The van der Waals surface area contributed by atoms with Crippen LogP contribution in [0, 0.1) is 6.92 Å². The first-order valence-corrected chi connectivity index (χ1v) is 11.1. The van der Waals surface area contributed by atoms with Gasteiger partial charge in [0.1, 0.15) is 11.6 Å². The average molecular weight is 395 g/mol. The molecule has 6 heteroatoms. The van der Waals surface area contributed by atoms with Gasteiger partial charge < -0.3 is 15.1 Å². The van der Waals surface area contributed by atoms with Gasteiger partial charge in [0.15, 0.2) is 0 Å². The van der Waals surface area contributed by atoms with E-state index in [1.165, 1.54) is 55.5 Å². The summed E-state index contributed by atoms with van der Waals surface area (Å²) in [5.74, 6) is 1.99. The molecule has 0 radical (unpaired) electrons. The fraction of sp³-hybridized carbons (Fsp3) is 0.609. The molecule has 0 aromatic carbocycles. The number of aromatic nitrogens is 3. The number of fused-ring (bicyclic) bond motifs is 1.